The van der Waals surface area contributed by atoms with Gasteiger partial charge in [-0.05, 0) is 6.08 Å². The molecule has 2 rings (SSSR count). The number of nitrogens with zero attached hydrogens (tertiary/aromatic N) is 1. The average molecular weight is 201 g/mol. The summed E-state index contributed by atoms with van der Waals surface area (Å²) in [6.45, 7) is 4.54. The van der Waals surface area contributed by atoms with E-state index in [-0.39, 0.29) is 22.8 Å². The fourth-order valence-corrected chi connectivity index (χ4v) is 4.27. The summed E-state index contributed by atoms with van der Waals surface area (Å²) >= 11 is 0. The molecule has 2 saturated heterocycles. The van der Waals surface area contributed by atoms with E-state index < -0.39 is 9.84 Å². The number of amides is 1. The Kier molecular flexibility index (Phi) is 1.58. The van der Waals surface area contributed by atoms with Crippen LogP contribution in [0, 0.1) is 5.41 Å². The molecule has 1 spiro atoms. The molecule has 0 atom stereocenters. The van der Waals surface area contributed by atoms with E-state index in [4.69, 9.17) is 0 Å². The predicted octanol–water partition coefficient (Wildman–Crippen LogP) is -0.571. The minimum atomic E-state index is -2.77. The standard InChI is InChI=1S/C8H11NO3S/c1-2-7(10)9-3-8(4-9)5-13(11,12)6-8/h2H,1,3-6H2. The lowest BCUT2D eigenvalue weighted by Crippen LogP contribution is -2.69. The molecule has 2 aliphatic rings. The average Bonchev–Trinajstić information content (AvgIpc) is 1.93. The molecule has 1 amide bonds. The molecule has 0 aromatic carbocycles. The smallest absolute Gasteiger partial charge is 0.245 e. The molecule has 0 radical (unpaired) electrons. The van der Waals surface area contributed by atoms with Gasteiger partial charge in [0.1, 0.15) is 0 Å². The molecule has 2 heterocycles. The maximum Gasteiger partial charge on any atom is 0.245 e. The lowest BCUT2D eigenvalue weighted by Gasteiger charge is -2.54. The summed E-state index contributed by atoms with van der Waals surface area (Å²) in [5.41, 5.74) is -0.0997. The van der Waals surface area contributed by atoms with E-state index in [0.29, 0.717) is 13.1 Å². The minimum Gasteiger partial charge on any atom is -0.338 e. The highest BCUT2D eigenvalue weighted by Crippen LogP contribution is 2.41. The Labute approximate surface area is 77.1 Å². The van der Waals surface area contributed by atoms with Crippen molar-refractivity contribution in [3.63, 3.8) is 0 Å². The molecule has 0 unspecified atom stereocenters. The van der Waals surface area contributed by atoms with Crippen LogP contribution in [0.4, 0.5) is 0 Å². The van der Waals surface area contributed by atoms with E-state index >= 15 is 0 Å². The third-order valence-electron chi connectivity index (χ3n) is 2.59. The summed E-state index contributed by atoms with van der Waals surface area (Å²) in [6.07, 6.45) is 1.26. The number of carbonyl (C=O) groups is 1. The molecule has 0 saturated carbocycles. The molecule has 0 aromatic heterocycles. The fraction of sp³-hybridized carbons (Fsp3) is 0.625. The van der Waals surface area contributed by atoms with Crippen molar-refractivity contribution in [3.8, 4) is 0 Å². The van der Waals surface area contributed by atoms with Crippen LogP contribution in [0.15, 0.2) is 12.7 Å². The summed E-state index contributed by atoms with van der Waals surface area (Å²) in [4.78, 5) is 12.7. The van der Waals surface area contributed by atoms with Gasteiger partial charge in [0.15, 0.2) is 9.84 Å². The summed E-state index contributed by atoms with van der Waals surface area (Å²) in [5, 5.41) is 0. The van der Waals surface area contributed by atoms with Gasteiger partial charge in [0.2, 0.25) is 5.91 Å². The van der Waals surface area contributed by atoms with Crippen LogP contribution in [-0.2, 0) is 14.6 Å². The number of carbonyl (C=O) groups excluding carboxylic acids is 1. The van der Waals surface area contributed by atoms with Crippen LogP contribution in [0.25, 0.3) is 0 Å². The van der Waals surface area contributed by atoms with E-state index in [9.17, 15) is 13.2 Å². The Morgan fingerprint density at radius 1 is 1.38 bits per heavy atom. The van der Waals surface area contributed by atoms with Gasteiger partial charge in [-0.1, -0.05) is 6.58 Å². The van der Waals surface area contributed by atoms with E-state index in [1.54, 1.807) is 4.90 Å². The van der Waals surface area contributed by atoms with Gasteiger partial charge in [0.25, 0.3) is 0 Å². The molecule has 2 fully saturated rings. The Balaban J connectivity index is 1.93. The Morgan fingerprint density at radius 3 is 2.31 bits per heavy atom. The molecule has 0 N–H and O–H groups in total. The zero-order valence-corrected chi connectivity index (χ0v) is 8.01. The van der Waals surface area contributed by atoms with Gasteiger partial charge < -0.3 is 4.90 Å². The molecular formula is C8H11NO3S. The molecule has 4 nitrogen and oxygen atoms in total. The Bertz CT molecular complexity index is 351. The molecule has 13 heavy (non-hydrogen) atoms. The number of hydrogen-bond donors (Lipinski definition) is 0. The van der Waals surface area contributed by atoms with Gasteiger partial charge in [-0.2, -0.15) is 0 Å². The van der Waals surface area contributed by atoms with Gasteiger partial charge in [0, 0.05) is 18.5 Å². The van der Waals surface area contributed by atoms with E-state index in [1.807, 2.05) is 0 Å². The lowest BCUT2D eigenvalue weighted by atomic mass is 9.83. The predicted molar refractivity (Wildman–Crippen MR) is 47.9 cm³/mol. The zero-order valence-electron chi connectivity index (χ0n) is 7.19. The molecule has 72 valence electrons. The van der Waals surface area contributed by atoms with Crippen LogP contribution < -0.4 is 0 Å². The molecular weight excluding hydrogens is 190 g/mol. The second-order valence-electron chi connectivity index (χ2n) is 3.93. The highest BCUT2D eigenvalue weighted by Gasteiger charge is 2.56. The summed E-state index contributed by atoms with van der Waals surface area (Å²) in [5.74, 6) is 0.400. The zero-order chi connectivity index (χ0) is 9.69. The molecule has 5 heteroatoms. The number of likely N-dealkylation sites (tertiary alicyclic amines) is 1. The maximum atomic E-state index is 11.0. The highest BCUT2D eigenvalue weighted by atomic mass is 32.2. The summed E-state index contributed by atoms with van der Waals surface area (Å²) in [7, 11) is -2.77. The van der Waals surface area contributed by atoms with Crippen molar-refractivity contribution in [3.05, 3.63) is 12.7 Å². The third-order valence-corrected chi connectivity index (χ3v) is 4.70. The largest absolute Gasteiger partial charge is 0.338 e. The van der Waals surface area contributed by atoms with E-state index in [2.05, 4.69) is 6.58 Å². The minimum absolute atomic E-state index is 0.0997. The van der Waals surface area contributed by atoms with Crippen LogP contribution in [0.2, 0.25) is 0 Å². The first-order valence-corrected chi connectivity index (χ1v) is 5.90. The van der Waals surface area contributed by atoms with Crippen molar-refractivity contribution in [2.24, 2.45) is 5.41 Å². The maximum absolute atomic E-state index is 11.0. The third kappa shape index (κ3) is 1.27. The van der Waals surface area contributed by atoms with Crippen LogP contribution in [-0.4, -0.2) is 43.8 Å². The van der Waals surface area contributed by atoms with E-state index in [0.717, 1.165) is 0 Å². The summed E-state index contributed by atoms with van der Waals surface area (Å²) < 4.78 is 21.8. The number of sulfone groups is 1. The molecule has 0 aliphatic carbocycles. The van der Waals surface area contributed by atoms with Gasteiger partial charge >= 0.3 is 0 Å². The van der Waals surface area contributed by atoms with Crippen molar-refractivity contribution < 1.29 is 13.2 Å². The molecule has 2 aliphatic heterocycles. The Hall–Kier alpha value is -0.840. The van der Waals surface area contributed by atoms with Crippen molar-refractivity contribution >= 4 is 15.7 Å². The first-order valence-electron chi connectivity index (χ1n) is 4.08. The van der Waals surface area contributed by atoms with Gasteiger partial charge in [-0.3, -0.25) is 4.79 Å². The first-order chi connectivity index (χ1) is 5.96. The number of rotatable bonds is 1. The fourth-order valence-electron chi connectivity index (χ4n) is 2.12. The lowest BCUT2D eigenvalue weighted by molar-refractivity contribution is -0.136. The highest BCUT2D eigenvalue weighted by molar-refractivity contribution is 7.92. The van der Waals surface area contributed by atoms with Crippen molar-refractivity contribution in [1.29, 1.82) is 0 Å². The van der Waals surface area contributed by atoms with Crippen LogP contribution in [0.1, 0.15) is 0 Å². The topological polar surface area (TPSA) is 54.5 Å². The quantitative estimate of drug-likeness (QED) is 0.534. The normalized spacial score (nSPS) is 27.5. The van der Waals surface area contributed by atoms with Gasteiger partial charge in [0.05, 0.1) is 11.5 Å². The van der Waals surface area contributed by atoms with E-state index in [1.165, 1.54) is 6.08 Å². The van der Waals surface area contributed by atoms with Gasteiger partial charge in [-0.15, -0.1) is 0 Å². The van der Waals surface area contributed by atoms with Crippen LogP contribution in [0.5, 0.6) is 0 Å². The van der Waals surface area contributed by atoms with Crippen LogP contribution >= 0.6 is 0 Å². The molecule has 0 bridgehead atoms. The Morgan fingerprint density at radius 2 is 1.92 bits per heavy atom. The summed E-state index contributed by atoms with van der Waals surface area (Å²) in [6, 6.07) is 0. The second kappa shape index (κ2) is 2.35. The van der Waals surface area contributed by atoms with Crippen molar-refractivity contribution in [2.45, 2.75) is 0 Å². The van der Waals surface area contributed by atoms with Crippen LogP contribution in [0.3, 0.4) is 0 Å². The molecule has 0 aromatic rings. The SMILES string of the molecule is C=CC(=O)N1CC2(C1)CS(=O)(=O)C2. The second-order valence-corrected chi connectivity index (χ2v) is 6.00. The van der Waals surface area contributed by atoms with Crippen molar-refractivity contribution in [1.82, 2.24) is 4.90 Å². The first kappa shape index (κ1) is 8.74. The van der Waals surface area contributed by atoms with Gasteiger partial charge in [-0.25, -0.2) is 8.42 Å². The van der Waals surface area contributed by atoms with Crippen molar-refractivity contribution in [2.75, 3.05) is 24.6 Å². The monoisotopic (exact) mass is 201 g/mol. The number of hydrogen-bond acceptors (Lipinski definition) is 3.